The lowest BCUT2D eigenvalue weighted by Crippen LogP contribution is -2.17. The van der Waals surface area contributed by atoms with Crippen LogP contribution in [-0.4, -0.2) is 32.2 Å². The molecule has 0 saturated carbocycles. The fourth-order valence-electron chi connectivity index (χ4n) is 2.72. The lowest BCUT2D eigenvalue weighted by atomic mass is 10.0. The van der Waals surface area contributed by atoms with Crippen LogP contribution in [0.2, 0.25) is 5.02 Å². The van der Waals surface area contributed by atoms with Crippen LogP contribution < -0.4 is 10.1 Å². The highest BCUT2D eigenvalue weighted by Gasteiger charge is 2.32. The molecule has 1 amide bonds. The van der Waals surface area contributed by atoms with Crippen LogP contribution >= 0.6 is 11.6 Å². The maximum Gasteiger partial charge on any atom is 0.339 e. The van der Waals surface area contributed by atoms with Gasteiger partial charge in [-0.3, -0.25) is 4.79 Å². The molecule has 7 heteroatoms. The van der Waals surface area contributed by atoms with Gasteiger partial charge in [0.05, 0.1) is 29.3 Å². The number of carbonyl (C=O) groups excluding carboxylic acids is 2. The van der Waals surface area contributed by atoms with Gasteiger partial charge in [-0.1, -0.05) is 35.9 Å². The van der Waals surface area contributed by atoms with Crippen LogP contribution in [0.5, 0.6) is 5.75 Å². The number of cyclic esters (lactones) is 1. The molecule has 6 nitrogen and oxygen atoms in total. The second kappa shape index (κ2) is 8.21. The van der Waals surface area contributed by atoms with E-state index in [4.69, 9.17) is 25.8 Å². The summed E-state index contributed by atoms with van der Waals surface area (Å²) in [5.74, 6) is -0.341. The predicted octanol–water partition coefficient (Wildman–Crippen LogP) is 3.61. The Morgan fingerprint density at radius 3 is 2.81 bits per heavy atom. The number of carbonyl (C=O) groups is 2. The van der Waals surface area contributed by atoms with E-state index in [1.54, 1.807) is 43.5 Å². The number of para-hydroxylation sites is 1. The van der Waals surface area contributed by atoms with Crippen LogP contribution in [0.25, 0.3) is 0 Å². The van der Waals surface area contributed by atoms with Crippen LogP contribution in [-0.2, 0) is 14.3 Å². The average molecular weight is 376 g/mol. The van der Waals surface area contributed by atoms with Gasteiger partial charge >= 0.3 is 5.97 Å². The van der Waals surface area contributed by atoms with Crippen molar-refractivity contribution in [2.45, 2.75) is 12.5 Å². The Morgan fingerprint density at radius 2 is 2.00 bits per heavy atom. The van der Waals surface area contributed by atoms with Crippen molar-refractivity contribution in [2.75, 3.05) is 25.6 Å². The Hall–Kier alpha value is -2.57. The molecule has 0 bridgehead atoms. The minimum atomic E-state index is -0.601. The average Bonchev–Trinajstić information content (AvgIpc) is 2.93. The van der Waals surface area contributed by atoms with E-state index in [9.17, 15) is 9.59 Å². The number of fused-ring (bicyclic) bond motifs is 1. The van der Waals surface area contributed by atoms with Crippen LogP contribution in [0, 0.1) is 0 Å². The number of hydrogen-bond acceptors (Lipinski definition) is 5. The maximum atomic E-state index is 12.5. The predicted molar refractivity (Wildman–Crippen MR) is 96.7 cm³/mol. The van der Waals surface area contributed by atoms with Gasteiger partial charge in [-0.05, 0) is 18.2 Å². The van der Waals surface area contributed by atoms with Gasteiger partial charge in [-0.15, -0.1) is 0 Å². The smallest absolute Gasteiger partial charge is 0.339 e. The largest absolute Gasteiger partial charge is 0.487 e. The molecule has 0 aliphatic carbocycles. The molecule has 0 saturated heterocycles. The summed E-state index contributed by atoms with van der Waals surface area (Å²) < 4.78 is 15.8. The van der Waals surface area contributed by atoms with E-state index in [2.05, 4.69) is 5.32 Å². The molecular formula is C19H18ClNO5. The molecule has 1 aliphatic heterocycles. The van der Waals surface area contributed by atoms with Gasteiger partial charge in [0.2, 0.25) is 5.91 Å². The van der Waals surface area contributed by atoms with Crippen LogP contribution in [0.4, 0.5) is 5.69 Å². The summed E-state index contributed by atoms with van der Waals surface area (Å²) in [5, 5.41) is 3.16. The zero-order valence-electron chi connectivity index (χ0n) is 14.2. The van der Waals surface area contributed by atoms with Crippen molar-refractivity contribution in [1.29, 1.82) is 0 Å². The van der Waals surface area contributed by atoms with Crippen LogP contribution in [0.3, 0.4) is 0 Å². The van der Waals surface area contributed by atoms with Crippen molar-refractivity contribution in [3.05, 3.63) is 58.6 Å². The molecule has 2 aromatic rings. The SMILES string of the molecule is COCCOc1c(Cl)cccc1NC(=O)CC1OC(=O)c2ccccc21. The quantitative estimate of drug-likeness (QED) is 0.591. The fourth-order valence-corrected chi connectivity index (χ4v) is 2.95. The zero-order chi connectivity index (χ0) is 18.5. The number of benzene rings is 2. The summed E-state index contributed by atoms with van der Waals surface area (Å²) in [6.07, 6.45) is -0.594. The molecule has 0 fully saturated rings. The number of ether oxygens (including phenoxy) is 3. The molecule has 2 aromatic carbocycles. The first-order chi connectivity index (χ1) is 12.6. The van der Waals surface area contributed by atoms with E-state index in [0.717, 1.165) is 5.56 Å². The Bertz CT molecular complexity index is 823. The van der Waals surface area contributed by atoms with Crippen molar-refractivity contribution in [2.24, 2.45) is 0 Å². The number of amides is 1. The second-order valence-electron chi connectivity index (χ2n) is 5.69. The minimum absolute atomic E-state index is 0.00672. The zero-order valence-corrected chi connectivity index (χ0v) is 14.9. The Kier molecular flexibility index (Phi) is 5.75. The first-order valence-electron chi connectivity index (χ1n) is 8.10. The summed E-state index contributed by atoms with van der Waals surface area (Å²) in [6, 6.07) is 12.1. The molecule has 1 N–H and O–H groups in total. The molecular weight excluding hydrogens is 358 g/mol. The standard InChI is InChI=1S/C19H18ClNO5/c1-24-9-10-25-18-14(20)7-4-8-15(18)21-17(22)11-16-12-5-2-3-6-13(12)19(23)26-16/h2-8,16H,9-11H2,1H3,(H,21,22). The van der Waals surface area contributed by atoms with Crippen LogP contribution in [0.1, 0.15) is 28.4 Å². The lowest BCUT2D eigenvalue weighted by molar-refractivity contribution is -0.118. The van der Waals surface area contributed by atoms with Crippen molar-refractivity contribution < 1.29 is 23.8 Å². The van der Waals surface area contributed by atoms with Gasteiger partial charge in [-0.25, -0.2) is 4.79 Å². The lowest BCUT2D eigenvalue weighted by Gasteiger charge is -2.15. The molecule has 1 unspecified atom stereocenters. The summed E-state index contributed by atoms with van der Waals surface area (Å²) >= 11 is 6.16. The number of hydrogen-bond donors (Lipinski definition) is 1. The van der Waals surface area contributed by atoms with E-state index in [1.807, 2.05) is 6.07 Å². The van der Waals surface area contributed by atoms with Gasteiger partial charge in [0.1, 0.15) is 12.7 Å². The summed E-state index contributed by atoms with van der Waals surface area (Å²) in [7, 11) is 1.57. The van der Waals surface area contributed by atoms with Gasteiger partial charge in [-0.2, -0.15) is 0 Å². The molecule has 0 radical (unpaired) electrons. The summed E-state index contributed by atoms with van der Waals surface area (Å²) in [4.78, 5) is 24.3. The number of methoxy groups -OCH3 is 1. The molecule has 1 heterocycles. The van der Waals surface area contributed by atoms with E-state index >= 15 is 0 Å². The Labute approximate surface area is 156 Å². The molecule has 3 rings (SSSR count). The molecule has 0 spiro atoms. The summed E-state index contributed by atoms with van der Waals surface area (Å²) in [6.45, 7) is 0.699. The number of halogens is 1. The molecule has 0 aromatic heterocycles. The van der Waals surface area contributed by atoms with Gasteiger partial charge in [0.25, 0.3) is 0 Å². The number of rotatable bonds is 7. The van der Waals surface area contributed by atoms with Crippen molar-refractivity contribution in [1.82, 2.24) is 0 Å². The highest BCUT2D eigenvalue weighted by Crippen LogP contribution is 2.35. The normalized spacial score (nSPS) is 15.3. The molecule has 1 atom stereocenters. The molecule has 136 valence electrons. The highest BCUT2D eigenvalue weighted by atomic mass is 35.5. The first-order valence-corrected chi connectivity index (χ1v) is 8.48. The Balaban J connectivity index is 1.69. The highest BCUT2D eigenvalue weighted by molar-refractivity contribution is 6.32. The van der Waals surface area contributed by atoms with Gasteiger partial charge in [0.15, 0.2) is 5.75 Å². The molecule has 1 aliphatic rings. The monoisotopic (exact) mass is 375 g/mol. The topological polar surface area (TPSA) is 73.9 Å². The van der Waals surface area contributed by atoms with E-state index in [0.29, 0.717) is 35.2 Å². The summed E-state index contributed by atoms with van der Waals surface area (Å²) in [5.41, 5.74) is 1.67. The van der Waals surface area contributed by atoms with Crippen molar-refractivity contribution in [3.8, 4) is 5.75 Å². The fraction of sp³-hybridized carbons (Fsp3) is 0.263. The minimum Gasteiger partial charge on any atom is -0.487 e. The maximum absolute atomic E-state index is 12.5. The van der Waals surface area contributed by atoms with Crippen LogP contribution in [0.15, 0.2) is 42.5 Å². The van der Waals surface area contributed by atoms with Crippen molar-refractivity contribution in [3.63, 3.8) is 0 Å². The number of nitrogens with one attached hydrogen (secondary N) is 1. The second-order valence-corrected chi connectivity index (χ2v) is 6.10. The van der Waals surface area contributed by atoms with Gasteiger partial charge < -0.3 is 19.5 Å². The third kappa shape index (κ3) is 3.98. The van der Waals surface area contributed by atoms with Crippen molar-refractivity contribution >= 4 is 29.2 Å². The van der Waals surface area contributed by atoms with E-state index in [1.165, 1.54) is 0 Å². The van der Waals surface area contributed by atoms with E-state index < -0.39 is 12.1 Å². The Morgan fingerprint density at radius 1 is 1.19 bits per heavy atom. The molecule has 26 heavy (non-hydrogen) atoms. The third-order valence-electron chi connectivity index (χ3n) is 3.92. The number of esters is 1. The number of anilines is 1. The van der Waals surface area contributed by atoms with Gasteiger partial charge in [0, 0.05) is 12.7 Å². The third-order valence-corrected chi connectivity index (χ3v) is 4.22. The van der Waals surface area contributed by atoms with E-state index in [-0.39, 0.29) is 12.3 Å². The first kappa shape index (κ1) is 18.2.